The van der Waals surface area contributed by atoms with Gasteiger partial charge in [-0.3, -0.25) is 4.90 Å². The number of carbonyl (C=O) groups is 1. The van der Waals surface area contributed by atoms with Crippen molar-refractivity contribution in [3.63, 3.8) is 0 Å². The number of ether oxygens (including phenoxy) is 4. The fraction of sp³-hybridized carbons (Fsp3) is 0.581. The molecule has 1 fully saturated rings. The Labute approximate surface area is 228 Å². The molecule has 1 unspecified atom stereocenters. The number of hydrogen-bond donors (Lipinski definition) is 1. The number of likely N-dealkylation sites (N-methyl/N-ethyl adjacent to an activating group) is 1. The number of unbranched alkanes of at least 4 members (excludes halogenated alkanes) is 1. The minimum Gasteiger partial charge on any atom is -0.444 e. The van der Waals surface area contributed by atoms with Crippen LogP contribution in [0.2, 0.25) is 0 Å². The maximum absolute atomic E-state index is 13.3. The average Bonchev–Trinajstić information content (AvgIpc) is 3.26. The third-order valence-electron chi connectivity index (χ3n) is 6.77. The lowest BCUT2D eigenvalue weighted by atomic mass is 10.1. The van der Waals surface area contributed by atoms with Gasteiger partial charge in [-0.25, -0.2) is 4.79 Å². The van der Waals surface area contributed by atoms with E-state index in [1.165, 1.54) is 4.90 Å². The van der Waals surface area contributed by atoms with E-state index in [0.29, 0.717) is 32.5 Å². The number of amides is 1. The molecule has 1 aliphatic carbocycles. The van der Waals surface area contributed by atoms with E-state index in [2.05, 4.69) is 6.92 Å². The Morgan fingerprint density at radius 3 is 2.16 bits per heavy atom. The molecule has 0 bridgehead atoms. The lowest BCUT2D eigenvalue weighted by molar-refractivity contribution is -0.213. The summed E-state index contributed by atoms with van der Waals surface area (Å²) in [5.41, 5.74) is 0.266. The van der Waals surface area contributed by atoms with Crippen LogP contribution in [-0.2, 0) is 32.2 Å². The van der Waals surface area contributed by atoms with Gasteiger partial charge in [-0.2, -0.15) is 0 Å². The Morgan fingerprint density at radius 2 is 1.61 bits per heavy atom. The van der Waals surface area contributed by atoms with Crippen LogP contribution in [0.25, 0.3) is 0 Å². The first kappa shape index (κ1) is 30.1. The van der Waals surface area contributed by atoms with Crippen LogP contribution in [0.3, 0.4) is 0 Å². The summed E-state index contributed by atoms with van der Waals surface area (Å²) in [5.74, 6) is 0. The summed E-state index contributed by atoms with van der Waals surface area (Å²) in [6.45, 7) is 8.50. The summed E-state index contributed by atoms with van der Waals surface area (Å²) < 4.78 is 25.0. The second-order valence-electron chi connectivity index (χ2n) is 11.1. The predicted molar refractivity (Wildman–Crippen MR) is 147 cm³/mol. The van der Waals surface area contributed by atoms with Gasteiger partial charge in [0.15, 0.2) is 5.72 Å². The molecule has 0 spiro atoms. The van der Waals surface area contributed by atoms with Gasteiger partial charge in [0.25, 0.3) is 0 Å². The summed E-state index contributed by atoms with van der Waals surface area (Å²) in [4.78, 5) is 14.8. The van der Waals surface area contributed by atoms with Gasteiger partial charge in [0, 0.05) is 19.9 Å². The Balaban J connectivity index is 1.86. The molecule has 210 valence electrons. The van der Waals surface area contributed by atoms with Crippen molar-refractivity contribution in [1.82, 2.24) is 4.90 Å². The highest BCUT2D eigenvalue weighted by Crippen LogP contribution is 2.41. The van der Waals surface area contributed by atoms with Crippen molar-refractivity contribution in [2.24, 2.45) is 0 Å². The van der Waals surface area contributed by atoms with E-state index in [-0.39, 0.29) is 12.7 Å². The predicted octanol–water partition coefficient (Wildman–Crippen LogP) is 6.08. The second-order valence-corrected chi connectivity index (χ2v) is 11.1. The molecular formula is C31H45NO6. The van der Waals surface area contributed by atoms with Gasteiger partial charge in [-0.1, -0.05) is 80.4 Å². The van der Waals surface area contributed by atoms with Crippen molar-refractivity contribution in [3.8, 4) is 0 Å². The van der Waals surface area contributed by atoms with Gasteiger partial charge < -0.3 is 24.1 Å². The van der Waals surface area contributed by atoms with Gasteiger partial charge in [0.05, 0.1) is 32.0 Å². The lowest BCUT2D eigenvalue weighted by Gasteiger charge is -2.43. The summed E-state index contributed by atoms with van der Waals surface area (Å²) in [6, 6.07) is 19.9. The molecular weight excluding hydrogens is 482 g/mol. The van der Waals surface area contributed by atoms with Gasteiger partial charge >= 0.3 is 6.09 Å². The topological polar surface area (TPSA) is 77.5 Å². The standard InChI is InChI=1S/C31H45NO6/c1-6-7-18-26(33)23-37-31(32(5)29(34)38-30(2,3)4)20-27(35-21-24-14-10-8-11-15-24)19-28(31)36-22-25-16-12-9-13-17-25/h8-17,26-28,33H,6-7,18-23H2,1-5H3/t26?,27-,28+,31-/m1/s1. The fourth-order valence-corrected chi connectivity index (χ4v) is 4.70. The molecule has 2 aromatic carbocycles. The van der Waals surface area contributed by atoms with Crippen molar-refractivity contribution in [2.45, 2.75) is 103 Å². The van der Waals surface area contributed by atoms with Crippen LogP contribution >= 0.6 is 0 Å². The number of benzene rings is 2. The molecule has 1 amide bonds. The number of carbonyl (C=O) groups excluding carboxylic acids is 1. The molecule has 0 saturated heterocycles. The van der Waals surface area contributed by atoms with Crippen LogP contribution in [0.1, 0.15) is 70.9 Å². The largest absolute Gasteiger partial charge is 0.444 e. The molecule has 7 heteroatoms. The van der Waals surface area contributed by atoms with Gasteiger partial charge in [-0.15, -0.1) is 0 Å². The molecule has 1 N–H and O–H groups in total. The van der Waals surface area contributed by atoms with Crippen molar-refractivity contribution >= 4 is 6.09 Å². The Bertz CT molecular complexity index is 963. The molecule has 7 nitrogen and oxygen atoms in total. The maximum Gasteiger partial charge on any atom is 0.412 e. The third kappa shape index (κ3) is 8.80. The number of aliphatic hydroxyl groups excluding tert-OH is 1. The van der Waals surface area contributed by atoms with Crippen LogP contribution in [0, 0.1) is 0 Å². The Kier molecular flexibility index (Phi) is 11.2. The number of aliphatic hydroxyl groups is 1. The van der Waals surface area contributed by atoms with Gasteiger partial charge in [-0.05, 0) is 38.3 Å². The summed E-state index contributed by atoms with van der Waals surface area (Å²) in [7, 11) is 1.69. The molecule has 1 aliphatic rings. The molecule has 0 radical (unpaired) electrons. The molecule has 4 atom stereocenters. The third-order valence-corrected chi connectivity index (χ3v) is 6.77. The first-order valence-corrected chi connectivity index (χ1v) is 13.7. The Hall–Kier alpha value is -2.45. The van der Waals surface area contributed by atoms with Crippen molar-refractivity contribution in [1.29, 1.82) is 0 Å². The van der Waals surface area contributed by atoms with E-state index in [0.717, 1.165) is 24.0 Å². The van der Waals surface area contributed by atoms with Crippen LogP contribution in [0.5, 0.6) is 0 Å². The van der Waals surface area contributed by atoms with E-state index < -0.39 is 29.6 Å². The summed E-state index contributed by atoms with van der Waals surface area (Å²) in [5, 5.41) is 10.6. The minimum atomic E-state index is -1.16. The first-order valence-electron chi connectivity index (χ1n) is 13.7. The quantitative estimate of drug-likeness (QED) is 0.318. The lowest BCUT2D eigenvalue weighted by Crippen LogP contribution is -2.58. The van der Waals surface area contributed by atoms with E-state index in [1.54, 1.807) is 7.05 Å². The summed E-state index contributed by atoms with van der Waals surface area (Å²) in [6.07, 6.45) is 1.61. The van der Waals surface area contributed by atoms with Crippen LogP contribution in [0.4, 0.5) is 4.79 Å². The van der Waals surface area contributed by atoms with Crippen LogP contribution < -0.4 is 0 Å². The highest BCUT2D eigenvalue weighted by atomic mass is 16.6. The second kappa shape index (κ2) is 14.1. The number of rotatable bonds is 13. The molecule has 1 saturated carbocycles. The monoisotopic (exact) mass is 527 g/mol. The van der Waals surface area contributed by atoms with E-state index in [9.17, 15) is 9.90 Å². The summed E-state index contributed by atoms with van der Waals surface area (Å²) >= 11 is 0. The SMILES string of the molecule is CCCCC(O)CO[C@]1(N(C)C(=O)OC(C)(C)C)C[C@H](OCc2ccccc2)C[C@@H]1OCc1ccccc1. The first-order chi connectivity index (χ1) is 18.1. The molecule has 0 heterocycles. The molecule has 38 heavy (non-hydrogen) atoms. The zero-order chi connectivity index (χ0) is 27.6. The zero-order valence-corrected chi connectivity index (χ0v) is 23.6. The van der Waals surface area contributed by atoms with Gasteiger partial charge in [0.2, 0.25) is 0 Å². The zero-order valence-electron chi connectivity index (χ0n) is 23.6. The molecule has 3 rings (SSSR count). The highest BCUT2D eigenvalue weighted by Gasteiger charge is 2.55. The van der Waals surface area contributed by atoms with Crippen LogP contribution in [0.15, 0.2) is 60.7 Å². The van der Waals surface area contributed by atoms with Crippen molar-refractivity contribution in [2.75, 3.05) is 13.7 Å². The molecule has 2 aromatic rings. The van der Waals surface area contributed by atoms with Gasteiger partial charge in [0.1, 0.15) is 11.7 Å². The average molecular weight is 528 g/mol. The van der Waals surface area contributed by atoms with Crippen LogP contribution in [-0.4, -0.2) is 59.4 Å². The number of hydrogen-bond acceptors (Lipinski definition) is 6. The number of nitrogens with zero attached hydrogens (tertiary/aromatic N) is 1. The minimum absolute atomic E-state index is 0.0870. The normalized spacial score (nSPS) is 22.3. The molecule has 0 aliphatic heterocycles. The maximum atomic E-state index is 13.3. The van der Waals surface area contributed by atoms with Crippen molar-refractivity contribution < 1.29 is 28.8 Å². The molecule has 0 aromatic heterocycles. The fourth-order valence-electron chi connectivity index (χ4n) is 4.70. The smallest absolute Gasteiger partial charge is 0.412 e. The highest BCUT2D eigenvalue weighted by molar-refractivity contribution is 5.69. The van der Waals surface area contributed by atoms with Crippen molar-refractivity contribution in [3.05, 3.63) is 71.8 Å². The van der Waals surface area contributed by atoms with E-state index in [4.69, 9.17) is 18.9 Å². The van der Waals surface area contributed by atoms with E-state index >= 15 is 0 Å². The van der Waals surface area contributed by atoms with E-state index in [1.807, 2.05) is 81.4 Å². The Morgan fingerprint density at radius 1 is 1.03 bits per heavy atom.